The fourth-order valence-corrected chi connectivity index (χ4v) is 2.93. The van der Waals surface area contributed by atoms with Gasteiger partial charge in [0.05, 0.1) is 12.8 Å². The van der Waals surface area contributed by atoms with Crippen LogP contribution in [-0.4, -0.2) is 29.5 Å². The molecule has 0 aliphatic heterocycles. The Morgan fingerprint density at radius 3 is 2.45 bits per heavy atom. The molecule has 5 nitrogen and oxygen atoms in total. The first kappa shape index (κ1) is 16.2. The van der Waals surface area contributed by atoms with E-state index in [1.807, 2.05) is 30.3 Å². The molecule has 0 bridgehead atoms. The third-order valence-electron chi connectivity index (χ3n) is 3.15. The molecule has 1 heterocycles. The van der Waals surface area contributed by atoms with Crippen molar-refractivity contribution in [2.24, 2.45) is 0 Å². The standard InChI is InChI=1S/C16H18N2O3S/c1-10-12(13(19)18-16(2,3)15(20)21-4)22-14(17-10)11-8-6-5-7-9-11/h5-9H,1-4H3,(H,18,19). The van der Waals surface area contributed by atoms with Crippen LogP contribution in [0.4, 0.5) is 0 Å². The summed E-state index contributed by atoms with van der Waals surface area (Å²) in [6.45, 7) is 4.99. The summed E-state index contributed by atoms with van der Waals surface area (Å²) in [6.07, 6.45) is 0. The third-order valence-corrected chi connectivity index (χ3v) is 4.35. The molecule has 0 atom stereocenters. The van der Waals surface area contributed by atoms with Gasteiger partial charge in [0.15, 0.2) is 0 Å². The summed E-state index contributed by atoms with van der Waals surface area (Å²) in [6, 6.07) is 9.66. The highest BCUT2D eigenvalue weighted by Crippen LogP contribution is 2.28. The Labute approximate surface area is 133 Å². The van der Waals surface area contributed by atoms with Crippen LogP contribution in [0.2, 0.25) is 0 Å². The zero-order chi connectivity index (χ0) is 16.3. The summed E-state index contributed by atoms with van der Waals surface area (Å²) in [5.74, 6) is -0.820. The minimum atomic E-state index is -1.09. The van der Waals surface area contributed by atoms with Crippen molar-refractivity contribution in [3.8, 4) is 10.6 Å². The Bertz CT molecular complexity index is 693. The topological polar surface area (TPSA) is 68.3 Å². The number of hydrogen-bond donors (Lipinski definition) is 1. The smallest absolute Gasteiger partial charge is 0.330 e. The molecule has 6 heteroatoms. The van der Waals surface area contributed by atoms with Crippen LogP contribution in [0.1, 0.15) is 29.2 Å². The lowest BCUT2D eigenvalue weighted by molar-refractivity contribution is -0.146. The molecule has 1 aromatic heterocycles. The van der Waals surface area contributed by atoms with E-state index in [2.05, 4.69) is 10.3 Å². The van der Waals surface area contributed by atoms with E-state index >= 15 is 0 Å². The molecule has 116 valence electrons. The van der Waals surface area contributed by atoms with Crippen molar-refractivity contribution in [2.45, 2.75) is 26.3 Å². The van der Waals surface area contributed by atoms with Crippen molar-refractivity contribution < 1.29 is 14.3 Å². The van der Waals surface area contributed by atoms with Gasteiger partial charge in [-0.15, -0.1) is 11.3 Å². The summed E-state index contributed by atoms with van der Waals surface area (Å²) in [5, 5.41) is 3.46. The van der Waals surface area contributed by atoms with Crippen molar-refractivity contribution in [2.75, 3.05) is 7.11 Å². The second-order valence-corrected chi connectivity index (χ2v) is 6.37. The summed E-state index contributed by atoms with van der Waals surface area (Å²) in [5.41, 5.74) is 0.513. The van der Waals surface area contributed by atoms with Gasteiger partial charge in [-0.05, 0) is 20.8 Å². The molecule has 0 saturated carbocycles. The van der Waals surface area contributed by atoms with E-state index in [1.165, 1.54) is 18.4 Å². The van der Waals surface area contributed by atoms with Crippen molar-refractivity contribution >= 4 is 23.2 Å². The van der Waals surface area contributed by atoms with Crippen molar-refractivity contribution in [1.29, 1.82) is 0 Å². The number of aromatic nitrogens is 1. The van der Waals surface area contributed by atoms with E-state index < -0.39 is 11.5 Å². The highest BCUT2D eigenvalue weighted by Gasteiger charge is 2.32. The number of carbonyl (C=O) groups is 2. The molecule has 0 spiro atoms. The molecule has 22 heavy (non-hydrogen) atoms. The molecular formula is C16H18N2O3S. The number of esters is 1. The fraction of sp³-hybridized carbons (Fsp3) is 0.312. The number of amides is 1. The molecule has 0 saturated heterocycles. The van der Waals surface area contributed by atoms with Gasteiger partial charge in [-0.1, -0.05) is 30.3 Å². The fourth-order valence-electron chi connectivity index (χ4n) is 1.96. The monoisotopic (exact) mass is 318 g/mol. The van der Waals surface area contributed by atoms with Crippen LogP contribution in [0, 0.1) is 6.92 Å². The molecule has 1 amide bonds. The molecule has 0 radical (unpaired) electrons. The van der Waals surface area contributed by atoms with Crippen LogP contribution in [0.25, 0.3) is 10.6 Å². The van der Waals surface area contributed by atoms with Crippen LogP contribution in [0.15, 0.2) is 30.3 Å². The predicted octanol–water partition coefficient (Wildman–Crippen LogP) is 2.80. The summed E-state index contributed by atoms with van der Waals surface area (Å²) in [4.78, 5) is 29.0. The Morgan fingerprint density at radius 1 is 1.23 bits per heavy atom. The molecule has 1 aromatic carbocycles. The molecule has 0 unspecified atom stereocenters. The highest BCUT2D eigenvalue weighted by molar-refractivity contribution is 7.17. The first-order valence-corrected chi connectivity index (χ1v) is 7.60. The zero-order valence-electron chi connectivity index (χ0n) is 13.0. The van der Waals surface area contributed by atoms with Crippen LogP contribution in [-0.2, 0) is 9.53 Å². The lowest BCUT2D eigenvalue weighted by atomic mass is 10.1. The summed E-state index contributed by atoms with van der Waals surface area (Å²) >= 11 is 1.31. The van der Waals surface area contributed by atoms with Crippen LogP contribution in [0.5, 0.6) is 0 Å². The van der Waals surface area contributed by atoms with Crippen molar-refractivity contribution in [1.82, 2.24) is 10.3 Å². The van der Waals surface area contributed by atoms with E-state index in [9.17, 15) is 9.59 Å². The van der Waals surface area contributed by atoms with Crippen molar-refractivity contribution in [3.05, 3.63) is 40.9 Å². The molecule has 0 aliphatic rings. The van der Waals surface area contributed by atoms with E-state index in [1.54, 1.807) is 20.8 Å². The van der Waals surface area contributed by atoms with Crippen LogP contribution >= 0.6 is 11.3 Å². The van der Waals surface area contributed by atoms with Gasteiger partial charge in [-0.2, -0.15) is 0 Å². The molecule has 0 aliphatic carbocycles. The predicted molar refractivity (Wildman–Crippen MR) is 85.8 cm³/mol. The number of methoxy groups -OCH3 is 1. The van der Waals surface area contributed by atoms with Gasteiger partial charge in [0.1, 0.15) is 15.4 Å². The largest absolute Gasteiger partial charge is 0.467 e. The number of aryl methyl sites for hydroxylation is 1. The number of thiazole rings is 1. The maximum absolute atomic E-state index is 12.4. The number of hydrogen-bond acceptors (Lipinski definition) is 5. The summed E-state index contributed by atoms with van der Waals surface area (Å²) < 4.78 is 4.69. The zero-order valence-corrected chi connectivity index (χ0v) is 13.8. The number of carbonyl (C=O) groups excluding carboxylic acids is 2. The van der Waals surface area contributed by atoms with Gasteiger partial charge < -0.3 is 10.1 Å². The Balaban J connectivity index is 2.25. The minimum absolute atomic E-state index is 0.326. The molecular weight excluding hydrogens is 300 g/mol. The van der Waals surface area contributed by atoms with Gasteiger partial charge in [0, 0.05) is 5.56 Å². The maximum atomic E-state index is 12.4. The first-order chi connectivity index (χ1) is 10.3. The van der Waals surface area contributed by atoms with E-state index in [-0.39, 0.29) is 5.91 Å². The maximum Gasteiger partial charge on any atom is 0.330 e. The normalized spacial score (nSPS) is 11.1. The van der Waals surface area contributed by atoms with Crippen molar-refractivity contribution in [3.63, 3.8) is 0 Å². The number of nitrogens with one attached hydrogen (secondary N) is 1. The average molecular weight is 318 g/mol. The number of ether oxygens (including phenoxy) is 1. The van der Waals surface area contributed by atoms with Crippen LogP contribution < -0.4 is 5.32 Å². The number of benzene rings is 1. The van der Waals surface area contributed by atoms with Gasteiger partial charge in [-0.25, -0.2) is 9.78 Å². The van der Waals surface area contributed by atoms with E-state index in [0.717, 1.165) is 10.6 Å². The van der Waals surface area contributed by atoms with Crippen LogP contribution in [0.3, 0.4) is 0 Å². The molecule has 0 fully saturated rings. The SMILES string of the molecule is COC(=O)C(C)(C)NC(=O)c1sc(-c2ccccc2)nc1C. The van der Waals surface area contributed by atoms with Gasteiger partial charge in [0.25, 0.3) is 5.91 Å². The number of nitrogens with zero attached hydrogens (tertiary/aromatic N) is 1. The lowest BCUT2D eigenvalue weighted by Gasteiger charge is -2.22. The Hall–Kier alpha value is -2.21. The highest BCUT2D eigenvalue weighted by atomic mass is 32.1. The van der Waals surface area contributed by atoms with E-state index in [4.69, 9.17) is 4.74 Å². The van der Waals surface area contributed by atoms with Gasteiger partial charge >= 0.3 is 5.97 Å². The van der Waals surface area contributed by atoms with E-state index in [0.29, 0.717) is 10.6 Å². The quantitative estimate of drug-likeness (QED) is 0.880. The summed E-state index contributed by atoms with van der Waals surface area (Å²) in [7, 11) is 1.29. The minimum Gasteiger partial charge on any atom is -0.467 e. The third kappa shape index (κ3) is 3.33. The van der Waals surface area contributed by atoms with Gasteiger partial charge in [0.2, 0.25) is 0 Å². The first-order valence-electron chi connectivity index (χ1n) is 6.79. The van der Waals surface area contributed by atoms with Gasteiger partial charge in [-0.3, -0.25) is 4.79 Å². The number of rotatable bonds is 4. The second kappa shape index (κ2) is 6.27. The average Bonchev–Trinajstić information content (AvgIpc) is 2.89. The lowest BCUT2D eigenvalue weighted by Crippen LogP contribution is -2.50. The Morgan fingerprint density at radius 2 is 1.86 bits per heavy atom. The molecule has 2 rings (SSSR count). The second-order valence-electron chi connectivity index (χ2n) is 5.37. The molecule has 2 aromatic rings. The Kier molecular flexibility index (Phi) is 4.61. The molecule has 1 N–H and O–H groups in total.